The lowest BCUT2D eigenvalue weighted by molar-refractivity contribution is 0.163. The van der Waals surface area contributed by atoms with Gasteiger partial charge in [-0.2, -0.15) is 0 Å². The van der Waals surface area contributed by atoms with Crippen molar-refractivity contribution in [2.75, 3.05) is 4.90 Å². The summed E-state index contributed by atoms with van der Waals surface area (Å²) in [6, 6.07) is 9.88. The van der Waals surface area contributed by atoms with Crippen LogP contribution in [0, 0.1) is 0 Å². The van der Waals surface area contributed by atoms with Crippen molar-refractivity contribution >= 4 is 23.1 Å². The Morgan fingerprint density at radius 3 is 2.33 bits per heavy atom. The number of ether oxygens (including phenoxy) is 1. The Balaban J connectivity index is 2.40. The van der Waals surface area contributed by atoms with E-state index in [0.717, 1.165) is 11.4 Å². The van der Waals surface area contributed by atoms with Crippen LogP contribution in [0.25, 0.3) is 0 Å². The topological polar surface area (TPSA) is 12.5 Å². The minimum absolute atomic E-state index is 0.410. The van der Waals surface area contributed by atoms with E-state index in [2.05, 4.69) is 6.58 Å². The number of rotatable bonds is 1. The van der Waals surface area contributed by atoms with Crippen LogP contribution in [0.2, 0.25) is 0 Å². The molecule has 2 nitrogen and oxygen atoms in total. The number of hydrogen-bond donors (Lipinski definition) is 0. The van der Waals surface area contributed by atoms with Crippen LogP contribution < -0.4 is 4.90 Å². The van der Waals surface area contributed by atoms with Crippen molar-refractivity contribution in [2.24, 2.45) is 0 Å². The number of anilines is 1. The van der Waals surface area contributed by atoms with Crippen LogP contribution in [0.1, 0.15) is 13.8 Å². The fraction of sp³-hybridized carbons (Fsp3) is 0.250. The molecule has 1 saturated heterocycles. The van der Waals surface area contributed by atoms with Gasteiger partial charge in [0.25, 0.3) is 5.17 Å². The van der Waals surface area contributed by atoms with Gasteiger partial charge in [0.05, 0.1) is 5.70 Å². The smallest absolute Gasteiger partial charge is 0.269 e. The first-order valence-corrected chi connectivity index (χ1v) is 5.21. The molecule has 0 amide bonds. The van der Waals surface area contributed by atoms with Gasteiger partial charge in [-0.25, -0.2) is 0 Å². The molecule has 1 aliphatic heterocycles. The van der Waals surface area contributed by atoms with Crippen LogP contribution >= 0.6 is 12.2 Å². The largest absolute Gasteiger partial charge is 0.458 e. The van der Waals surface area contributed by atoms with Crippen molar-refractivity contribution in [2.45, 2.75) is 19.4 Å². The van der Waals surface area contributed by atoms with Gasteiger partial charge >= 0.3 is 0 Å². The number of benzene rings is 1. The van der Waals surface area contributed by atoms with Gasteiger partial charge in [0, 0.05) is 5.69 Å². The maximum absolute atomic E-state index is 5.59. The first kappa shape index (κ1) is 10.2. The third-order valence-electron chi connectivity index (χ3n) is 2.50. The van der Waals surface area contributed by atoms with Gasteiger partial charge in [-0.15, -0.1) is 0 Å². The monoisotopic (exact) mass is 219 g/mol. The Kier molecular flexibility index (Phi) is 2.27. The predicted molar refractivity (Wildman–Crippen MR) is 65.8 cm³/mol. The highest BCUT2D eigenvalue weighted by atomic mass is 32.1. The number of thiocarbonyl (C=S) groups is 1. The molecule has 1 fully saturated rings. The summed E-state index contributed by atoms with van der Waals surface area (Å²) < 4.78 is 5.59. The van der Waals surface area contributed by atoms with Crippen molar-refractivity contribution in [3.05, 3.63) is 42.6 Å². The van der Waals surface area contributed by atoms with E-state index >= 15 is 0 Å². The van der Waals surface area contributed by atoms with E-state index < -0.39 is 5.60 Å². The van der Waals surface area contributed by atoms with E-state index in [0.29, 0.717) is 5.17 Å². The second-order valence-corrected chi connectivity index (χ2v) is 4.35. The van der Waals surface area contributed by atoms with E-state index in [4.69, 9.17) is 17.0 Å². The number of para-hydroxylation sites is 1. The molecule has 0 atom stereocenters. The zero-order valence-corrected chi connectivity index (χ0v) is 9.67. The molecule has 1 aromatic rings. The van der Waals surface area contributed by atoms with Crippen LogP contribution in [-0.4, -0.2) is 10.8 Å². The molecular formula is C12H13NOS. The summed E-state index contributed by atoms with van der Waals surface area (Å²) >= 11 is 5.19. The molecule has 0 aromatic heterocycles. The van der Waals surface area contributed by atoms with Crippen molar-refractivity contribution in [3.8, 4) is 0 Å². The molecule has 0 aliphatic carbocycles. The summed E-state index contributed by atoms with van der Waals surface area (Å²) in [5.41, 5.74) is 1.46. The zero-order valence-electron chi connectivity index (χ0n) is 8.86. The third-order valence-corrected chi connectivity index (χ3v) is 2.77. The lowest BCUT2D eigenvalue weighted by atomic mass is 10.1. The van der Waals surface area contributed by atoms with Crippen LogP contribution in [0.3, 0.4) is 0 Å². The van der Waals surface area contributed by atoms with Crippen molar-refractivity contribution in [1.82, 2.24) is 0 Å². The van der Waals surface area contributed by atoms with Gasteiger partial charge in [-0.05, 0) is 38.2 Å². The summed E-state index contributed by atoms with van der Waals surface area (Å²) in [5, 5.41) is 0.469. The van der Waals surface area contributed by atoms with Crippen LogP contribution in [0.5, 0.6) is 0 Å². The molecule has 1 aromatic carbocycles. The van der Waals surface area contributed by atoms with Crippen molar-refractivity contribution < 1.29 is 4.74 Å². The van der Waals surface area contributed by atoms with Gasteiger partial charge < -0.3 is 4.74 Å². The minimum Gasteiger partial charge on any atom is -0.458 e. The van der Waals surface area contributed by atoms with Crippen molar-refractivity contribution in [3.63, 3.8) is 0 Å². The molecule has 1 heterocycles. The molecule has 0 N–H and O–H groups in total. The normalized spacial score (nSPS) is 19.2. The summed E-state index contributed by atoms with van der Waals surface area (Å²) in [4.78, 5) is 1.87. The van der Waals surface area contributed by atoms with Gasteiger partial charge in [0.1, 0.15) is 5.60 Å². The van der Waals surface area contributed by atoms with E-state index in [-0.39, 0.29) is 0 Å². The maximum atomic E-state index is 5.59. The molecule has 15 heavy (non-hydrogen) atoms. The average molecular weight is 219 g/mol. The fourth-order valence-electron chi connectivity index (χ4n) is 1.54. The Morgan fingerprint density at radius 2 is 1.87 bits per heavy atom. The third kappa shape index (κ3) is 1.63. The Hall–Kier alpha value is -1.35. The molecule has 1 aliphatic rings. The maximum Gasteiger partial charge on any atom is 0.269 e. The SMILES string of the molecule is C=C1N(c2ccccc2)C(=S)OC1(C)C. The second kappa shape index (κ2) is 3.35. The lowest BCUT2D eigenvalue weighted by Gasteiger charge is -2.19. The first-order chi connectivity index (χ1) is 7.02. The van der Waals surface area contributed by atoms with Gasteiger partial charge in [-0.1, -0.05) is 24.8 Å². The highest BCUT2D eigenvalue weighted by Crippen LogP contribution is 2.35. The second-order valence-electron chi connectivity index (χ2n) is 4.00. The summed E-state index contributed by atoms with van der Waals surface area (Å²) in [7, 11) is 0. The van der Waals surface area contributed by atoms with E-state index in [1.54, 1.807) is 0 Å². The highest BCUT2D eigenvalue weighted by Gasteiger charge is 2.39. The highest BCUT2D eigenvalue weighted by molar-refractivity contribution is 7.80. The summed E-state index contributed by atoms with van der Waals surface area (Å²) in [6.45, 7) is 7.95. The average Bonchev–Trinajstić information content (AvgIpc) is 2.38. The zero-order chi connectivity index (χ0) is 11.1. The fourth-order valence-corrected chi connectivity index (χ4v) is 1.96. The molecule has 0 spiro atoms. The Bertz CT molecular complexity index is 411. The van der Waals surface area contributed by atoms with E-state index in [9.17, 15) is 0 Å². The summed E-state index contributed by atoms with van der Waals surface area (Å²) in [5.74, 6) is 0. The van der Waals surface area contributed by atoms with Gasteiger partial charge in [0.15, 0.2) is 0 Å². The molecule has 78 valence electrons. The molecule has 0 saturated carbocycles. The first-order valence-electron chi connectivity index (χ1n) is 4.80. The Morgan fingerprint density at radius 1 is 1.27 bits per heavy atom. The minimum atomic E-state index is -0.410. The molecule has 0 radical (unpaired) electrons. The molecule has 0 bridgehead atoms. The molecule has 2 rings (SSSR count). The predicted octanol–water partition coefficient (Wildman–Crippen LogP) is 3.10. The number of hydrogen-bond acceptors (Lipinski definition) is 2. The van der Waals surface area contributed by atoms with Crippen LogP contribution in [-0.2, 0) is 4.74 Å². The molecule has 0 unspecified atom stereocenters. The van der Waals surface area contributed by atoms with Gasteiger partial charge in [0.2, 0.25) is 0 Å². The Labute approximate surface area is 95.2 Å². The summed E-state index contributed by atoms with van der Waals surface area (Å²) in [6.07, 6.45) is 0. The molecular weight excluding hydrogens is 206 g/mol. The lowest BCUT2D eigenvalue weighted by Crippen LogP contribution is -2.24. The van der Waals surface area contributed by atoms with E-state index in [1.807, 2.05) is 49.1 Å². The molecule has 3 heteroatoms. The van der Waals surface area contributed by atoms with Crippen LogP contribution in [0.4, 0.5) is 5.69 Å². The number of nitrogens with zero attached hydrogens (tertiary/aromatic N) is 1. The van der Waals surface area contributed by atoms with Crippen molar-refractivity contribution in [1.29, 1.82) is 0 Å². The van der Waals surface area contributed by atoms with Gasteiger partial charge in [-0.3, -0.25) is 4.90 Å². The van der Waals surface area contributed by atoms with Crippen LogP contribution in [0.15, 0.2) is 42.6 Å². The standard InChI is InChI=1S/C12H13NOS/c1-9-12(2,3)14-11(15)13(9)10-7-5-4-6-8-10/h4-8H,1H2,2-3H3. The quantitative estimate of drug-likeness (QED) is 0.673. The van der Waals surface area contributed by atoms with E-state index in [1.165, 1.54) is 0 Å².